The van der Waals surface area contributed by atoms with Crippen molar-refractivity contribution in [3.05, 3.63) is 29.0 Å². The van der Waals surface area contributed by atoms with Crippen LogP contribution in [0.1, 0.15) is 26.3 Å². The van der Waals surface area contributed by atoms with E-state index in [4.69, 9.17) is 16.7 Å². The largest absolute Gasteiger partial charge is 0.465 e. The molecule has 0 aliphatic carbocycles. The Balaban J connectivity index is 2.79. The van der Waals surface area contributed by atoms with Gasteiger partial charge >= 0.3 is 6.09 Å². The number of aromatic nitrogens is 1. The van der Waals surface area contributed by atoms with E-state index < -0.39 is 6.09 Å². The van der Waals surface area contributed by atoms with E-state index in [0.717, 1.165) is 5.56 Å². The van der Waals surface area contributed by atoms with E-state index in [9.17, 15) is 4.79 Å². The second kappa shape index (κ2) is 5.36. The summed E-state index contributed by atoms with van der Waals surface area (Å²) in [6, 6.07) is 3.40. The summed E-state index contributed by atoms with van der Waals surface area (Å²) in [5.74, 6) is 0. The number of rotatable bonds is 3. The molecule has 1 aromatic rings. The van der Waals surface area contributed by atoms with Crippen LogP contribution in [0.5, 0.6) is 0 Å². The van der Waals surface area contributed by atoms with E-state index in [-0.39, 0.29) is 11.5 Å². The standard InChI is InChI=1S/C12H17ClN2O2/c1-12(2,3)9(15-11(16)17)6-8-4-5-10(13)14-7-8/h4-5,7,9,15H,6H2,1-3H3,(H,16,17). The average molecular weight is 257 g/mol. The van der Waals surface area contributed by atoms with Crippen LogP contribution in [0.3, 0.4) is 0 Å². The fourth-order valence-electron chi connectivity index (χ4n) is 1.49. The molecule has 0 aliphatic rings. The van der Waals surface area contributed by atoms with Gasteiger partial charge in [0.15, 0.2) is 0 Å². The Hall–Kier alpha value is -1.29. The third-order valence-electron chi connectivity index (χ3n) is 2.57. The minimum atomic E-state index is -1.01. The normalized spacial score (nSPS) is 13.2. The highest BCUT2D eigenvalue weighted by Crippen LogP contribution is 2.22. The molecule has 0 fully saturated rings. The maximum absolute atomic E-state index is 10.8. The second-order valence-electron chi connectivity index (χ2n) is 5.06. The molecule has 0 bridgehead atoms. The molecular formula is C12H17ClN2O2. The van der Waals surface area contributed by atoms with Crippen LogP contribution in [0.25, 0.3) is 0 Å². The van der Waals surface area contributed by atoms with E-state index in [2.05, 4.69) is 10.3 Å². The van der Waals surface area contributed by atoms with Crippen LogP contribution in [0.2, 0.25) is 5.15 Å². The third kappa shape index (κ3) is 4.61. The molecule has 0 radical (unpaired) electrons. The Morgan fingerprint density at radius 1 is 1.53 bits per heavy atom. The van der Waals surface area contributed by atoms with Gasteiger partial charge in [0.2, 0.25) is 0 Å². The van der Waals surface area contributed by atoms with Gasteiger partial charge in [0.1, 0.15) is 5.15 Å². The molecule has 0 spiro atoms. The number of hydrogen-bond acceptors (Lipinski definition) is 2. The van der Waals surface area contributed by atoms with E-state index in [1.165, 1.54) is 0 Å². The van der Waals surface area contributed by atoms with Crippen molar-refractivity contribution in [2.45, 2.75) is 33.2 Å². The first-order chi connectivity index (χ1) is 7.79. The zero-order chi connectivity index (χ0) is 13.1. The van der Waals surface area contributed by atoms with Gasteiger partial charge in [-0.1, -0.05) is 38.4 Å². The van der Waals surface area contributed by atoms with Crippen LogP contribution in [-0.2, 0) is 6.42 Å². The van der Waals surface area contributed by atoms with Crippen molar-refractivity contribution < 1.29 is 9.90 Å². The Bertz CT molecular complexity index is 384. The van der Waals surface area contributed by atoms with E-state index >= 15 is 0 Å². The molecule has 5 heteroatoms. The zero-order valence-corrected chi connectivity index (χ0v) is 11.0. The molecule has 1 rings (SSSR count). The lowest BCUT2D eigenvalue weighted by molar-refractivity contribution is 0.174. The van der Waals surface area contributed by atoms with Crippen molar-refractivity contribution in [2.75, 3.05) is 0 Å². The lowest BCUT2D eigenvalue weighted by Gasteiger charge is -2.30. The molecule has 17 heavy (non-hydrogen) atoms. The van der Waals surface area contributed by atoms with Crippen LogP contribution >= 0.6 is 11.6 Å². The quantitative estimate of drug-likeness (QED) is 0.818. The molecule has 1 heterocycles. The van der Waals surface area contributed by atoms with Gasteiger partial charge < -0.3 is 10.4 Å². The van der Waals surface area contributed by atoms with Crippen molar-refractivity contribution >= 4 is 17.7 Å². The lowest BCUT2D eigenvalue weighted by atomic mass is 9.83. The van der Waals surface area contributed by atoms with Crippen LogP contribution < -0.4 is 5.32 Å². The first kappa shape index (κ1) is 13.8. The summed E-state index contributed by atoms with van der Waals surface area (Å²) in [5.41, 5.74) is 0.806. The highest BCUT2D eigenvalue weighted by Gasteiger charge is 2.26. The van der Waals surface area contributed by atoms with Gasteiger partial charge in [-0.15, -0.1) is 0 Å². The highest BCUT2D eigenvalue weighted by atomic mass is 35.5. The zero-order valence-electron chi connectivity index (χ0n) is 10.2. The first-order valence-corrected chi connectivity index (χ1v) is 5.76. The number of amides is 1. The van der Waals surface area contributed by atoms with Gasteiger partial charge in [-0.3, -0.25) is 0 Å². The van der Waals surface area contributed by atoms with Crippen molar-refractivity contribution in [3.8, 4) is 0 Å². The van der Waals surface area contributed by atoms with Crippen LogP contribution in [0.4, 0.5) is 4.79 Å². The van der Waals surface area contributed by atoms with Crippen LogP contribution in [0, 0.1) is 5.41 Å². The molecule has 2 N–H and O–H groups in total. The van der Waals surface area contributed by atoms with Crippen molar-refractivity contribution in [1.82, 2.24) is 10.3 Å². The molecule has 94 valence electrons. The number of carboxylic acid groups (broad SMARTS) is 1. The van der Waals surface area contributed by atoms with E-state index in [0.29, 0.717) is 11.6 Å². The minimum Gasteiger partial charge on any atom is -0.465 e. The second-order valence-corrected chi connectivity index (χ2v) is 5.45. The molecule has 0 aromatic carbocycles. The number of pyridine rings is 1. The number of nitrogens with zero attached hydrogens (tertiary/aromatic N) is 1. The molecule has 1 amide bonds. The summed E-state index contributed by atoms with van der Waals surface area (Å²) in [4.78, 5) is 14.7. The van der Waals surface area contributed by atoms with Crippen molar-refractivity contribution in [3.63, 3.8) is 0 Å². The van der Waals surface area contributed by atoms with Gasteiger partial charge in [-0.05, 0) is 23.5 Å². The van der Waals surface area contributed by atoms with Gasteiger partial charge in [0, 0.05) is 12.2 Å². The molecule has 1 atom stereocenters. The van der Waals surface area contributed by atoms with Crippen LogP contribution in [-0.4, -0.2) is 22.2 Å². The van der Waals surface area contributed by atoms with Gasteiger partial charge in [-0.2, -0.15) is 0 Å². The molecule has 0 saturated carbocycles. The maximum atomic E-state index is 10.8. The van der Waals surface area contributed by atoms with E-state index in [1.807, 2.05) is 26.8 Å². The molecule has 0 saturated heterocycles. The number of hydrogen-bond donors (Lipinski definition) is 2. The first-order valence-electron chi connectivity index (χ1n) is 5.39. The summed E-state index contributed by atoms with van der Waals surface area (Å²) in [6.45, 7) is 5.99. The molecule has 0 aliphatic heterocycles. The monoisotopic (exact) mass is 256 g/mol. The topological polar surface area (TPSA) is 62.2 Å². The molecule has 1 unspecified atom stereocenters. The lowest BCUT2D eigenvalue weighted by Crippen LogP contribution is -2.44. The molecule has 4 nitrogen and oxygen atoms in total. The predicted molar refractivity (Wildman–Crippen MR) is 67.4 cm³/mol. The Labute approximate surface area is 106 Å². The number of carbonyl (C=O) groups is 1. The molecular weight excluding hydrogens is 240 g/mol. The van der Waals surface area contributed by atoms with Crippen molar-refractivity contribution in [1.29, 1.82) is 0 Å². The Kier molecular flexibility index (Phi) is 4.34. The van der Waals surface area contributed by atoms with Crippen molar-refractivity contribution in [2.24, 2.45) is 5.41 Å². The van der Waals surface area contributed by atoms with Gasteiger partial charge in [0.25, 0.3) is 0 Å². The summed E-state index contributed by atoms with van der Waals surface area (Å²) < 4.78 is 0. The van der Waals surface area contributed by atoms with Crippen LogP contribution in [0.15, 0.2) is 18.3 Å². The molecule has 1 aromatic heterocycles. The summed E-state index contributed by atoms with van der Waals surface area (Å²) >= 11 is 5.70. The summed E-state index contributed by atoms with van der Waals surface area (Å²) in [6.07, 6.45) is 1.26. The minimum absolute atomic E-state index is 0.155. The van der Waals surface area contributed by atoms with Gasteiger partial charge in [0.05, 0.1) is 0 Å². The number of halogens is 1. The fraction of sp³-hybridized carbons (Fsp3) is 0.500. The third-order valence-corrected chi connectivity index (χ3v) is 2.80. The fourth-order valence-corrected chi connectivity index (χ4v) is 1.60. The SMILES string of the molecule is CC(C)(C)C(Cc1ccc(Cl)nc1)NC(=O)O. The highest BCUT2D eigenvalue weighted by molar-refractivity contribution is 6.29. The maximum Gasteiger partial charge on any atom is 0.404 e. The Morgan fingerprint density at radius 2 is 2.18 bits per heavy atom. The smallest absolute Gasteiger partial charge is 0.404 e. The number of nitrogens with one attached hydrogen (secondary N) is 1. The van der Waals surface area contributed by atoms with E-state index in [1.54, 1.807) is 12.3 Å². The summed E-state index contributed by atoms with van der Waals surface area (Å²) in [5, 5.41) is 11.8. The Morgan fingerprint density at radius 3 is 2.59 bits per heavy atom. The van der Waals surface area contributed by atoms with Gasteiger partial charge in [-0.25, -0.2) is 9.78 Å². The summed E-state index contributed by atoms with van der Waals surface area (Å²) in [7, 11) is 0. The average Bonchev–Trinajstić information content (AvgIpc) is 2.18. The predicted octanol–water partition coefficient (Wildman–Crippen LogP) is 2.96.